The van der Waals surface area contributed by atoms with Crippen molar-refractivity contribution in [1.29, 1.82) is 0 Å². The molecule has 0 saturated carbocycles. The lowest BCUT2D eigenvalue weighted by atomic mass is 10.2. The molecule has 0 amide bonds. The Morgan fingerprint density at radius 3 is 2.55 bits per heavy atom. The van der Waals surface area contributed by atoms with E-state index in [1.807, 2.05) is 6.07 Å². The second-order valence-electron chi connectivity index (χ2n) is 7.13. The number of halogens is 1. The first-order valence-corrected chi connectivity index (χ1v) is 10.1. The Bertz CT molecular complexity index is 999. The van der Waals surface area contributed by atoms with Crippen molar-refractivity contribution in [2.75, 3.05) is 31.1 Å². The summed E-state index contributed by atoms with van der Waals surface area (Å²) in [4.78, 5) is 4.08. The zero-order valence-corrected chi connectivity index (χ0v) is 17.1. The minimum atomic E-state index is -0.542. The minimum absolute atomic E-state index is 0.165. The summed E-state index contributed by atoms with van der Waals surface area (Å²) in [6, 6.07) is 16.7. The molecule has 1 aliphatic heterocycles. The lowest BCUT2D eigenvalue weighted by molar-refractivity contribution is -0.924. The summed E-state index contributed by atoms with van der Waals surface area (Å²) in [5.74, 6) is 0.0945. The van der Waals surface area contributed by atoms with Gasteiger partial charge in [0.2, 0.25) is 0 Å². The molecule has 2 aromatic carbocycles. The fourth-order valence-electron chi connectivity index (χ4n) is 3.46. The number of nitrogens with one attached hydrogen (secondary N) is 1. The van der Waals surface area contributed by atoms with E-state index in [9.17, 15) is 4.39 Å². The second kappa shape index (κ2) is 8.75. The molecule has 1 aliphatic rings. The molecular weight excluding hydrogens is 391 g/mol. The van der Waals surface area contributed by atoms with Gasteiger partial charge in [0, 0.05) is 5.69 Å². The van der Waals surface area contributed by atoms with Crippen LogP contribution in [0.25, 0.3) is 0 Å². The largest absolute Gasteiger partial charge is 0.478 e. The highest BCUT2D eigenvalue weighted by Gasteiger charge is 2.23. The molecule has 3 aromatic rings. The Kier molecular flexibility index (Phi) is 5.92. The average Bonchev–Trinajstić information content (AvgIpc) is 3.11. The van der Waals surface area contributed by atoms with Crippen LogP contribution in [0.5, 0.6) is 5.75 Å². The smallest absolute Gasteiger partial charge is 0.292 e. The molecule has 6 nitrogen and oxygen atoms in total. The molecule has 2 heterocycles. The quantitative estimate of drug-likeness (QED) is 0.628. The van der Waals surface area contributed by atoms with Gasteiger partial charge in [-0.05, 0) is 43.4 Å². The van der Waals surface area contributed by atoms with E-state index in [2.05, 4.69) is 34.3 Å². The monoisotopic (exact) mass is 415 g/mol. The third kappa shape index (κ3) is 4.65. The zero-order valence-electron chi connectivity index (χ0n) is 16.3. The summed E-state index contributed by atoms with van der Waals surface area (Å²) < 4.78 is 26.8. The Hall–Kier alpha value is -2.71. The number of ether oxygens (including phenoxy) is 1. The molecule has 4 rings (SSSR count). The second-order valence-corrected chi connectivity index (χ2v) is 7.48. The number of anilines is 1. The van der Waals surface area contributed by atoms with E-state index in [-0.39, 0.29) is 5.75 Å². The van der Waals surface area contributed by atoms with Crippen LogP contribution >= 0.6 is 12.2 Å². The summed E-state index contributed by atoms with van der Waals surface area (Å²) in [6.07, 6.45) is -0.542. The van der Waals surface area contributed by atoms with E-state index in [0.717, 1.165) is 26.2 Å². The number of piperazine rings is 1. The number of aromatic nitrogens is 2. The van der Waals surface area contributed by atoms with Gasteiger partial charge < -0.3 is 19.0 Å². The fourth-order valence-corrected chi connectivity index (χ4v) is 3.65. The van der Waals surface area contributed by atoms with E-state index in [1.165, 1.54) is 16.7 Å². The summed E-state index contributed by atoms with van der Waals surface area (Å²) in [6.45, 7) is 6.33. The number of nitrogens with zero attached hydrogens (tertiary/aromatic N) is 3. The molecule has 29 heavy (non-hydrogen) atoms. The van der Waals surface area contributed by atoms with Crippen molar-refractivity contribution in [1.82, 2.24) is 9.78 Å². The first kappa shape index (κ1) is 19.6. The molecule has 8 heteroatoms. The van der Waals surface area contributed by atoms with Crippen LogP contribution in [0.1, 0.15) is 18.9 Å². The van der Waals surface area contributed by atoms with Gasteiger partial charge in [-0.3, -0.25) is 0 Å². The standard InChI is InChI=1S/C21H23FN4O2S/c1-16(27-19-10-6-5-9-18(19)22)20-23-26(21(29)28-20)15-24-11-13-25(14-12-24)17-7-3-2-4-8-17/h2-10,16H,11-15H2,1H3/p+1/t16-/m1/s1. The molecule has 1 atom stereocenters. The van der Waals surface area contributed by atoms with Gasteiger partial charge >= 0.3 is 0 Å². The van der Waals surface area contributed by atoms with Crippen molar-refractivity contribution in [2.45, 2.75) is 19.7 Å². The third-order valence-electron chi connectivity index (χ3n) is 5.08. The lowest BCUT2D eigenvalue weighted by Crippen LogP contribution is -3.14. The number of benzene rings is 2. The van der Waals surface area contributed by atoms with Crippen LogP contribution < -0.4 is 14.5 Å². The van der Waals surface area contributed by atoms with Crippen LogP contribution in [0.15, 0.2) is 59.0 Å². The number of para-hydroxylation sites is 2. The van der Waals surface area contributed by atoms with Crippen LogP contribution in [0.2, 0.25) is 0 Å². The minimum Gasteiger partial charge on any atom is -0.478 e. The SMILES string of the molecule is C[C@@H](Oc1ccccc1F)c1nn(C[NH+]2CCN(c3ccccc3)CC2)c(=S)o1. The van der Waals surface area contributed by atoms with Crippen LogP contribution in [-0.4, -0.2) is 36.0 Å². The topological polar surface area (TPSA) is 47.9 Å². The maximum atomic E-state index is 13.8. The molecule has 1 saturated heterocycles. The predicted molar refractivity (Wildman–Crippen MR) is 110 cm³/mol. The van der Waals surface area contributed by atoms with Gasteiger partial charge in [-0.2, -0.15) is 4.68 Å². The van der Waals surface area contributed by atoms with E-state index < -0.39 is 11.9 Å². The maximum absolute atomic E-state index is 13.8. The van der Waals surface area contributed by atoms with Crippen LogP contribution in [0.3, 0.4) is 0 Å². The van der Waals surface area contributed by atoms with Crippen LogP contribution in [0.4, 0.5) is 10.1 Å². The third-order valence-corrected chi connectivity index (χ3v) is 5.37. The van der Waals surface area contributed by atoms with E-state index in [0.29, 0.717) is 17.4 Å². The van der Waals surface area contributed by atoms with Gasteiger partial charge in [0.25, 0.3) is 10.7 Å². The van der Waals surface area contributed by atoms with Crippen molar-refractivity contribution in [3.05, 3.63) is 71.1 Å². The summed E-state index contributed by atoms with van der Waals surface area (Å²) in [5.41, 5.74) is 1.26. The molecule has 152 valence electrons. The van der Waals surface area contributed by atoms with Gasteiger partial charge in [-0.25, -0.2) is 4.39 Å². The number of rotatable bonds is 6. The van der Waals surface area contributed by atoms with Crippen LogP contribution in [-0.2, 0) is 6.67 Å². The highest BCUT2D eigenvalue weighted by molar-refractivity contribution is 7.71. The molecule has 0 unspecified atom stereocenters. The van der Waals surface area contributed by atoms with Crippen molar-refractivity contribution < 1.29 is 18.4 Å². The summed E-state index contributed by atoms with van der Waals surface area (Å²) in [5, 5.41) is 4.47. The van der Waals surface area contributed by atoms with Crippen LogP contribution in [0, 0.1) is 10.7 Å². The van der Waals surface area contributed by atoms with Gasteiger partial charge in [-0.15, -0.1) is 5.10 Å². The Balaban J connectivity index is 1.36. The average molecular weight is 416 g/mol. The molecule has 0 bridgehead atoms. The molecule has 0 aliphatic carbocycles. The lowest BCUT2D eigenvalue weighted by Gasteiger charge is -2.33. The van der Waals surface area contributed by atoms with Gasteiger partial charge in [0.1, 0.15) is 0 Å². The Morgan fingerprint density at radius 1 is 1.14 bits per heavy atom. The highest BCUT2D eigenvalue weighted by atomic mass is 32.1. The maximum Gasteiger partial charge on any atom is 0.292 e. The van der Waals surface area contributed by atoms with Crippen molar-refractivity contribution in [3.63, 3.8) is 0 Å². The van der Waals surface area contributed by atoms with Gasteiger partial charge in [0.15, 0.2) is 24.3 Å². The molecule has 0 radical (unpaired) electrons. The molecule has 1 aromatic heterocycles. The number of quaternary nitrogens is 1. The summed E-state index contributed by atoms with van der Waals surface area (Å²) >= 11 is 5.33. The highest BCUT2D eigenvalue weighted by Crippen LogP contribution is 2.23. The van der Waals surface area contributed by atoms with Crippen molar-refractivity contribution in [2.24, 2.45) is 0 Å². The molecular formula is C21H24FN4O2S+. The van der Waals surface area contributed by atoms with Gasteiger partial charge in [0.05, 0.1) is 26.2 Å². The van der Waals surface area contributed by atoms with Gasteiger partial charge in [-0.1, -0.05) is 30.3 Å². The molecule has 0 spiro atoms. The Labute approximate surface area is 174 Å². The van der Waals surface area contributed by atoms with Crippen molar-refractivity contribution >= 4 is 17.9 Å². The molecule has 1 fully saturated rings. The number of hydrogen-bond donors (Lipinski definition) is 1. The van der Waals surface area contributed by atoms with E-state index >= 15 is 0 Å². The molecule has 1 N–H and O–H groups in total. The van der Waals surface area contributed by atoms with E-state index in [4.69, 9.17) is 21.4 Å². The normalized spacial score (nSPS) is 16.0. The van der Waals surface area contributed by atoms with Crippen molar-refractivity contribution in [3.8, 4) is 5.75 Å². The first-order valence-electron chi connectivity index (χ1n) is 9.73. The predicted octanol–water partition coefficient (Wildman–Crippen LogP) is 2.85. The van der Waals surface area contributed by atoms with E-state index in [1.54, 1.807) is 29.8 Å². The number of hydrogen-bond acceptors (Lipinski definition) is 5. The Morgan fingerprint density at radius 2 is 1.83 bits per heavy atom. The fraction of sp³-hybridized carbons (Fsp3) is 0.333. The zero-order chi connectivity index (χ0) is 20.2. The first-order chi connectivity index (χ1) is 14.1. The summed E-state index contributed by atoms with van der Waals surface area (Å²) in [7, 11) is 0.